The number of ether oxygens (including phenoxy) is 1. The molecule has 0 unspecified atom stereocenters. The molecule has 0 aliphatic heterocycles. The van der Waals surface area contributed by atoms with E-state index in [4.69, 9.17) is 9.84 Å². The van der Waals surface area contributed by atoms with E-state index < -0.39 is 0 Å². The summed E-state index contributed by atoms with van der Waals surface area (Å²) in [5.74, 6) is 0.912. The first kappa shape index (κ1) is 21.7. The van der Waals surface area contributed by atoms with Crippen molar-refractivity contribution in [3.8, 4) is 17.0 Å². The second-order valence-corrected chi connectivity index (χ2v) is 7.60. The van der Waals surface area contributed by atoms with E-state index in [-0.39, 0.29) is 18.5 Å². The first-order valence-electron chi connectivity index (χ1n) is 9.75. The predicted octanol–water partition coefficient (Wildman–Crippen LogP) is 4.14. The van der Waals surface area contributed by atoms with Crippen LogP contribution in [0.3, 0.4) is 0 Å². The fourth-order valence-corrected chi connectivity index (χ4v) is 3.26. The Morgan fingerprint density at radius 1 is 1.26 bits per heavy atom. The summed E-state index contributed by atoms with van der Waals surface area (Å²) in [6, 6.07) is 8.93. The first-order valence-corrected chi connectivity index (χ1v) is 9.75. The lowest BCUT2D eigenvalue weighted by atomic mass is 9.93. The molecule has 1 aromatic carbocycles. The summed E-state index contributed by atoms with van der Waals surface area (Å²) in [6.45, 7) is 7.02. The molecule has 1 aliphatic carbocycles. The maximum absolute atomic E-state index is 5.77. The zero-order valence-corrected chi connectivity index (χ0v) is 17.8. The summed E-state index contributed by atoms with van der Waals surface area (Å²) in [7, 11) is 4.16. The SMILES string of the molecule is CNCCN(C)Cc1cn(C2CCC2)nc1-c1ccc(OC(C)C)cc1.Cl. The van der Waals surface area contributed by atoms with Gasteiger partial charge in [0.15, 0.2) is 0 Å². The molecular weight excluding hydrogens is 360 g/mol. The topological polar surface area (TPSA) is 42.3 Å². The van der Waals surface area contributed by atoms with Crippen LogP contribution >= 0.6 is 12.4 Å². The second-order valence-electron chi connectivity index (χ2n) is 7.60. The van der Waals surface area contributed by atoms with Crippen LogP contribution in [-0.2, 0) is 6.54 Å². The molecule has 150 valence electrons. The molecule has 2 aromatic rings. The third kappa shape index (κ3) is 5.71. The molecule has 5 nitrogen and oxygen atoms in total. The summed E-state index contributed by atoms with van der Waals surface area (Å²) >= 11 is 0. The van der Waals surface area contributed by atoms with Crippen LogP contribution < -0.4 is 10.1 Å². The molecule has 0 saturated heterocycles. The minimum absolute atomic E-state index is 0. The normalized spacial score (nSPS) is 14.3. The lowest BCUT2D eigenvalue weighted by molar-refractivity contribution is 0.242. The van der Waals surface area contributed by atoms with Crippen LogP contribution in [0.2, 0.25) is 0 Å². The van der Waals surface area contributed by atoms with E-state index in [9.17, 15) is 0 Å². The van der Waals surface area contributed by atoms with E-state index in [1.54, 1.807) is 0 Å². The maximum atomic E-state index is 5.77. The number of hydrogen-bond acceptors (Lipinski definition) is 4. The van der Waals surface area contributed by atoms with Crippen molar-refractivity contribution in [2.24, 2.45) is 0 Å². The van der Waals surface area contributed by atoms with Gasteiger partial charge in [-0.15, -0.1) is 12.4 Å². The highest BCUT2D eigenvalue weighted by molar-refractivity contribution is 5.85. The van der Waals surface area contributed by atoms with E-state index in [1.807, 2.05) is 33.0 Å². The second kappa shape index (κ2) is 10.1. The van der Waals surface area contributed by atoms with Crippen LogP contribution in [0.5, 0.6) is 5.75 Å². The van der Waals surface area contributed by atoms with Gasteiger partial charge in [-0.3, -0.25) is 4.68 Å². The van der Waals surface area contributed by atoms with E-state index >= 15 is 0 Å². The molecule has 0 amide bonds. The minimum Gasteiger partial charge on any atom is -0.491 e. The van der Waals surface area contributed by atoms with Crippen molar-refractivity contribution in [1.82, 2.24) is 20.0 Å². The molecule has 3 rings (SSSR count). The Bertz CT molecular complexity index is 695. The molecule has 0 spiro atoms. The zero-order chi connectivity index (χ0) is 18.5. The number of halogens is 1. The molecule has 1 fully saturated rings. The third-order valence-corrected chi connectivity index (χ3v) is 4.94. The van der Waals surface area contributed by atoms with Gasteiger partial charge in [0.2, 0.25) is 0 Å². The van der Waals surface area contributed by atoms with Gasteiger partial charge in [0, 0.05) is 37.0 Å². The molecule has 0 radical (unpaired) electrons. The maximum Gasteiger partial charge on any atom is 0.119 e. The molecule has 1 aliphatic rings. The van der Waals surface area contributed by atoms with Gasteiger partial charge in [-0.05, 0) is 71.5 Å². The van der Waals surface area contributed by atoms with Gasteiger partial charge >= 0.3 is 0 Å². The molecule has 1 heterocycles. The number of benzene rings is 1. The van der Waals surface area contributed by atoms with Crippen LogP contribution in [0.25, 0.3) is 11.3 Å². The lowest BCUT2D eigenvalue weighted by Gasteiger charge is -2.25. The lowest BCUT2D eigenvalue weighted by Crippen LogP contribution is -2.27. The Labute approximate surface area is 169 Å². The van der Waals surface area contributed by atoms with E-state index in [2.05, 4.69) is 40.3 Å². The number of nitrogens with one attached hydrogen (secondary N) is 1. The number of rotatable bonds is 9. The van der Waals surface area contributed by atoms with Gasteiger partial charge in [-0.2, -0.15) is 5.10 Å². The van der Waals surface area contributed by atoms with Crippen molar-refractivity contribution in [3.63, 3.8) is 0 Å². The van der Waals surface area contributed by atoms with Crippen LogP contribution in [0.1, 0.15) is 44.7 Å². The van der Waals surface area contributed by atoms with Crippen LogP contribution in [-0.4, -0.2) is 48.0 Å². The summed E-state index contributed by atoms with van der Waals surface area (Å²) in [5.41, 5.74) is 3.56. The van der Waals surface area contributed by atoms with Crippen molar-refractivity contribution in [2.75, 3.05) is 27.2 Å². The summed E-state index contributed by atoms with van der Waals surface area (Å²) in [5, 5.41) is 8.18. The van der Waals surface area contributed by atoms with Crippen molar-refractivity contribution < 1.29 is 4.74 Å². The number of nitrogens with zero attached hydrogens (tertiary/aromatic N) is 3. The Morgan fingerprint density at radius 3 is 2.52 bits per heavy atom. The van der Waals surface area contributed by atoms with Crippen LogP contribution in [0.15, 0.2) is 30.5 Å². The largest absolute Gasteiger partial charge is 0.491 e. The van der Waals surface area contributed by atoms with Crippen molar-refractivity contribution in [2.45, 2.75) is 51.8 Å². The molecule has 6 heteroatoms. The molecule has 0 atom stereocenters. The monoisotopic (exact) mass is 392 g/mol. The van der Waals surface area contributed by atoms with Crippen LogP contribution in [0, 0.1) is 0 Å². The minimum atomic E-state index is 0. The van der Waals surface area contributed by atoms with Crippen LogP contribution in [0.4, 0.5) is 0 Å². The number of likely N-dealkylation sites (N-methyl/N-ethyl adjacent to an activating group) is 2. The Morgan fingerprint density at radius 2 is 1.96 bits per heavy atom. The molecular formula is C21H33ClN4O. The average molecular weight is 393 g/mol. The summed E-state index contributed by atoms with van der Waals surface area (Å²) < 4.78 is 7.97. The van der Waals surface area contributed by atoms with Gasteiger partial charge in [0.1, 0.15) is 5.75 Å². The molecule has 1 aromatic heterocycles. The van der Waals surface area contributed by atoms with Gasteiger partial charge in [0.05, 0.1) is 17.8 Å². The average Bonchev–Trinajstić information content (AvgIpc) is 2.94. The molecule has 0 bridgehead atoms. The van der Waals surface area contributed by atoms with Crippen molar-refractivity contribution in [3.05, 3.63) is 36.0 Å². The smallest absolute Gasteiger partial charge is 0.119 e. The number of aromatic nitrogens is 2. The predicted molar refractivity (Wildman–Crippen MR) is 114 cm³/mol. The Balaban J connectivity index is 0.00000261. The van der Waals surface area contributed by atoms with Gasteiger partial charge in [-0.1, -0.05) is 0 Å². The highest BCUT2D eigenvalue weighted by atomic mass is 35.5. The first-order chi connectivity index (χ1) is 12.6. The van der Waals surface area contributed by atoms with Crippen molar-refractivity contribution >= 4 is 12.4 Å². The molecule has 1 N–H and O–H groups in total. The Hall–Kier alpha value is -1.56. The third-order valence-electron chi connectivity index (χ3n) is 4.94. The fourth-order valence-electron chi connectivity index (χ4n) is 3.26. The zero-order valence-electron chi connectivity index (χ0n) is 16.9. The molecule has 1 saturated carbocycles. The highest BCUT2D eigenvalue weighted by Gasteiger charge is 2.23. The quantitative estimate of drug-likeness (QED) is 0.696. The highest BCUT2D eigenvalue weighted by Crippen LogP contribution is 2.34. The van der Waals surface area contributed by atoms with Gasteiger partial charge < -0.3 is 15.0 Å². The van der Waals surface area contributed by atoms with E-state index in [1.165, 1.54) is 24.8 Å². The standard InChI is InChI=1S/C21H32N4O.ClH/c1-16(2)26-20-10-8-17(9-11-20)21-18(14-24(4)13-12-22-3)15-25(23-21)19-6-5-7-19;/h8-11,15-16,19,22H,5-7,12-14H2,1-4H3;1H. The number of hydrogen-bond donors (Lipinski definition) is 1. The van der Waals surface area contributed by atoms with Crippen molar-refractivity contribution in [1.29, 1.82) is 0 Å². The molecule has 27 heavy (non-hydrogen) atoms. The summed E-state index contributed by atoms with van der Waals surface area (Å²) in [6.07, 6.45) is 6.26. The van der Waals surface area contributed by atoms with E-state index in [0.29, 0.717) is 6.04 Å². The van der Waals surface area contributed by atoms with E-state index in [0.717, 1.165) is 36.6 Å². The van der Waals surface area contributed by atoms with Gasteiger partial charge in [-0.25, -0.2) is 0 Å². The summed E-state index contributed by atoms with van der Waals surface area (Å²) in [4.78, 5) is 2.35. The van der Waals surface area contributed by atoms with Gasteiger partial charge in [0.25, 0.3) is 0 Å². The fraction of sp³-hybridized carbons (Fsp3) is 0.571. The Kier molecular flexibility index (Phi) is 8.14.